The predicted octanol–water partition coefficient (Wildman–Crippen LogP) is 1.14. The van der Waals surface area contributed by atoms with Gasteiger partial charge in [-0.05, 0) is 31.9 Å². The molecule has 1 aromatic carbocycles. The first-order valence-electron chi connectivity index (χ1n) is 6.96. The fraction of sp³-hybridized carbons (Fsp3) is 0.571. The molecule has 1 aromatic rings. The third-order valence-electron chi connectivity index (χ3n) is 3.48. The summed E-state index contributed by atoms with van der Waals surface area (Å²) in [6.45, 7) is 3.16. The number of ether oxygens (including phenoxy) is 2. The summed E-state index contributed by atoms with van der Waals surface area (Å²) in [4.78, 5) is 0. The number of sulfonamides is 1. The van der Waals surface area contributed by atoms with E-state index in [1.807, 2.05) is 6.92 Å². The maximum Gasteiger partial charge on any atom is 0.215 e. The van der Waals surface area contributed by atoms with Gasteiger partial charge in [0.15, 0.2) is 0 Å². The third-order valence-corrected chi connectivity index (χ3v) is 4.99. The minimum Gasteiger partial charge on any atom is -0.492 e. The van der Waals surface area contributed by atoms with E-state index in [1.165, 1.54) is 0 Å². The van der Waals surface area contributed by atoms with Crippen molar-refractivity contribution in [1.29, 1.82) is 0 Å². The molecule has 2 rings (SSSR count). The maximum absolute atomic E-state index is 12.1. The highest BCUT2D eigenvalue weighted by molar-refractivity contribution is 7.89. The van der Waals surface area contributed by atoms with Crippen molar-refractivity contribution in [2.24, 2.45) is 0 Å². The molecule has 0 radical (unpaired) electrons. The molecular formula is C14H22N2O4S. The van der Waals surface area contributed by atoms with Crippen molar-refractivity contribution >= 4 is 15.7 Å². The molecule has 0 bridgehead atoms. The van der Waals surface area contributed by atoms with E-state index in [2.05, 4.69) is 4.72 Å². The number of benzene rings is 1. The lowest BCUT2D eigenvalue weighted by atomic mass is 9.94. The first-order valence-corrected chi connectivity index (χ1v) is 8.62. The van der Waals surface area contributed by atoms with E-state index in [0.29, 0.717) is 37.5 Å². The Morgan fingerprint density at radius 1 is 1.38 bits per heavy atom. The lowest BCUT2D eigenvalue weighted by Crippen LogP contribution is -2.50. The first kappa shape index (κ1) is 16.1. The van der Waals surface area contributed by atoms with E-state index in [9.17, 15) is 8.42 Å². The summed E-state index contributed by atoms with van der Waals surface area (Å²) in [6.07, 6.45) is 1.37. The standard InChI is InChI=1S/C14H22N2O4S/c1-14(5-7-19-8-6-14)16-21(17,18)10-9-20-13-4-2-3-12(15)11-13/h2-4,11,16H,5-10,15H2,1H3. The van der Waals surface area contributed by atoms with Gasteiger partial charge in [0.05, 0.1) is 5.75 Å². The molecule has 0 aliphatic carbocycles. The van der Waals surface area contributed by atoms with Gasteiger partial charge in [-0.15, -0.1) is 0 Å². The monoisotopic (exact) mass is 314 g/mol. The molecule has 1 aliphatic rings. The molecule has 3 N–H and O–H groups in total. The van der Waals surface area contributed by atoms with Crippen molar-refractivity contribution in [3.8, 4) is 5.75 Å². The largest absolute Gasteiger partial charge is 0.492 e. The van der Waals surface area contributed by atoms with Gasteiger partial charge in [-0.1, -0.05) is 6.07 Å². The summed E-state index contributed by atoms with van der Waals surface area (Å²) < 4.78 is 37.6. The van der Waals surface area contributed by atoms with Crippen LogP contribution in [0.3, 0.4) is 0 Å². The molecule has 0 atom stereocenters. The molecule has 0 amide bonds. The van der Waals surface area contributed by atoms with Crippen molar-refractivity contribution in [1.82, 2.24) is 4.72 Å². The molecule has 1 aliphatic heterocycles. The number of nitrogens with two attached hydrogens (primary N) is 1. The summed E-state index contributed by atoms with van der Waals surface area (Å²) in [5.74, 6) is 0.487. The van der Waals surface area contributed by atoms with Crippen molar-refractivity contribution in [2.45, 2.75) is 25.3 Å². The van der Waals surface area contributed by atoms with Crippen LogP contribution in [-0.4, -0.2) is 39.5 Å². The second-order valence-corrected chi connectivity index (χ2v) is 7.36. The number of nitrogen functional groups attached to an aromatic ring is 1. The van der Waals surface area contributed by atoms with Crippen molar-refractivity contribution < 1.29 is 17.9 Å². The van der Waals surface area contributed by atoms with Gasteiger partial charge >= 0.3 is 0 Å². The minimum atomic E-state index is -3.38. The van der Waals surface area contributed by atoms with E-state index < -0.39 is 15.6 Å². The van der Waals surface area contributed by atoms with Gasteiger partial charge in [-0.2, -0.15) is 0 Å². The van der Waals surface area contributed by atoms with E-state index in [-0.39, 0.29) is 12.4 Å². The lowest BCUT2D eigenvalue weighted by Gasteiger charge is -2.33. The zero-order chi connectivity index (χ0) is 15.3. The number of hydrogen-bond donors (Lipinski definition) is 2. The minimum absolute atomic E-state index is 0.0851. The van der Waals surface area contributed by atoms with Crippen LogP contribution in [0.4, 0.5) is 5.69 Å². The zero-order valence-corrected chi connectivity index (χ0v) is 13.0. The molecule has 0 saturated carbocycles. The van der Waals surface area contributed by atoms with E-state index >= 15 is 0 Å². The number of nitrogens with one attached hydrogen (secondary N) is 1. The average Bonchev–Trinajstić information content (AvgIpc) is 2.38. The fourth-order valence-corrected chi connectivity index (χ4v) is 3.58. The van der Waals surface area contributed by atoms with Gasteiger partial charge in [-0.25, -0.2) is 13.1 Å². The second-order valence-electron chi connectivity index (χ2n) is 5.51. The molecule has 0 spiro atoms. The van der Waals surface area contributed by atoms with Crippen LogP contribution in [0.15, 0.2) is 24.3 Å². The van der Waals surface area contributed by atoms with Crippen molar-refractivity contribution in [3.05, 3.63) is 24.3 Å². The zero-order valence-electron chi connectivity index (χ0n) is 12.2. The number of rotatable bonds is 6. The molecule has 1 saturated heterocycles. The highest BCUT2D eigenvalue weighted by atomic mass is 32.2. The van der Waals surface area contributed by atoms with E-state index in [0.717, 1.165) is 0 Å². The summed E-state index contributed by atoms with van der Waals surface area (Å²) in [5, 5.41) is 0. The molecule has 0 unspecified atom stereocenters. The Kier molecular flexibility index (Phi) is 5.08. The molecular weight excluding hydrogens is 292 g/mol. The molecule has 6 nitrogen and oxygen atoms in total. The number of anilines is 1. The Labute approximate surface area is 125 Å². The summed E-state index contributed by atoms with van der Waals surface area (Å²) in [5.41, 5.74) is 5.80. The quantitative estimate of drug-likeness (QED) is 0.768. The average molecular weight is 314 g/mol. The van der Waals surface area contributed by atoms with Crippen molar-refractivity contribution in [2.75, 3.05) is 31.3 Å². The Morgan fingerprint density at radius 3 is 2.76 bits per heavy atom. The van der Waals surface area contributed by atoms with Crippen LogP contribution in [0.25, 0.3) is 0 Å². The second kappa shape index (κ2) is 6.64. The molecule has 0 aromatic heterocycles. The van der Waals surface area contributed by atoms with Crippen LogP contribution in [0, 0.1) is 0 Å². The predicted molar refractivity (Wildman–Crippen MR) is 81.7 cm³/mol. The smallest absolute Gasteiger partial charge is 0.215 e. The van der Waals surface area contributed by atoms with Crippen LogP contribution >= 0.6 is 0 Å². The summed E-state index contributed by atoms with van der Waals surface area (Å²) in [7, 11) is -3.38. The highest BCUT2D eigenvalue weighted by Crippen LogP contribution is 2.21. The Morgan fingerprint density at radius 2 is 2.10 bits per heavy atom. The van der Waals surface area contributed by atoms with E-state index in [4.69, 9.17) is 15.2 Å². The Balaban J connectivity index is 1.83. The SMILES string of the molecule is CC1(NS(=O)(=O)CCOc2cccc(N)c2)CCOCC1. The van der Waals surface area contributed by atoms with Crippen LogP contribution in [0.5, 0.6) is 5.75 Å². The summed E-state index contributed by atoms with van der Waals surface area (Å²) >= 11 is 0. The molecule has 118 valence electrons. The Bertz CT molecular complexity index is 568. The Hall–Kier alpha value is -1.31. The normalized spacial score (nSPS) is 18.3. The van der Waals surface area contributed by atoms with Gasteiger partial charge in [-0.3, -0.25) is 0 Å². The topological polar surface area (TPSA) is 90.7 Å². The number of hydrogen-bond acceptors (Lipinski definition) is 5. The maximum atomic E-state index is 12.1. The van der Waals surface area contributed by atoms with Crippen LogP contribution < -0.4 is 15.2 Å². The summed E-state index contributed by atoms with van der Waals surface area (Å²) in [6, 6.07) is 6.92. The molecule has 21 heavy (non-hydrogen) atoms. The van der Waals surface area contributed by atoms with Crippen molar-refractivity contribution in [3.63, 3.8) is 0 Å². The lowest BCUT2D eigenvalue weighted by molar-refractivity contribution is 0.0537. The molecule has 7 heteroatoms. The van der Waals surface area contributed by atoms with Crippen LogP contribution in [0.2, 0.25) is 0 Å². The van der Waals surface area contributed by atoms with Gasteiger partial charge in [0, 0.05) is 30.5 Å². The van der Waals surface area contributed by atoms with Gasteiger partial charge in [0.25, 0.3) is 0 Å². The fourth-order valence-electron chi connectivity index (χ4n) is 2.22. The van der Waals surface area contributed by atoms with Crippen LogP contribution in [-0.2, 0) is 14.8 Å². The third kappa shape index (κ3) is 5.18. The van der Waals surface area contributed by atoms with E-state index in [1.54, 1.807) is 24.3 Å². The van der Waals surface area contributed by atoms with Gasteiger partial charge < -0.3 is 15.2 Å². The molecule has 1 fully saturated rings. The van der Waals surface area contributed by atoms with Crippen LogP contribution in [0.1, 0.15) is 19.8 Å². The van der Waals surface area contributed by atoms with Gasteiger partial charge in [0.1, 0.15) is 12.4 Å². The van der Waals surface area contributed by atoms with Gasteiger partial charge in [0.2, 0.25) is 10.0 Å². The highest BCUT2D eigenvalue weighted by Gasteiger charge is 2.31. The first-order chi connectivity index (χ1) is 9.89. The molecule has 1 heterocycles.